The molecule has 7 aromatic rings. The monoisotopic (exact) mass is 956 g/mol. The molecule has 0 aliphatic heterocycles. The third-order valence-electron chi connectivity index (χ3n) is 11.7. The molecule has 67 heavy (non-hydrogen) atoms. The molecule has 2 heterocycles. The maximum Gasteiger partial charge on any atom is 0.338 e. The SMILES string of the molecule is CCC(CC)c1ccc(N(Cc2ccc(-c3csc(CO)n3)cc2)C(C)C)cc1.CCC(CC)c1ccc(NC(C)C)cc1.O=C(OCc1nc(-c2ccc(CCl)cc2)cs1)c1ccccc1. The highest BCUT2D eigenvalue weighted by molar-refractivity contribution is 7.10. The number of hydrogen-bond acceptors (Lipinski definition) is 9. The number of thiazole rings is 2. The first kappa shape index (κ1) is 52.6. The van der Waals surface area contributed by atoms with Crippen molar-refractivity contribution in [3.05, 3.63) is 176 Å². The number of aliphatic hydroxyl groups is 1. The van der Waals surface area contributed by atoms with E-state index in [-0.39, 0.29) is 19.2 Å². The Bertz CT molecular complexity index is 2460. The fraction of sp³-hybridized carbons (Fsp3) is 0.351. The lowest BCUT2D eigenvalue weighted by atomic mass is 9.94. The number of esters is 1. The quantitative estimate of drug-likeness (QED) is 0.0617. The number of carbonyl (C=O) groups is 1. The van der Waals surface area contributed by atoms with Crippen LogP contribution in [-0.4, -0.2) is 33.1 Å². The lowest BCUT2D eigenvalue weighted by molar-refractivity contribution is 0.0472. The largest absolute Gasteiger partial charge is 0.455 e. The molecule has 0 aliphatic rings. The molecule has 0 saturated carbocycles. The Morgan fingerprint density at radius 1 is 0.657 bits per heavy atom. The smallest absolute Gasteiger partial charge is 0.338 e. The third kappa shape index (κ3) is 16.2. The second kappa shape index (κ2) is 27.5. The number of alkyl halides is 1. The zero-order chi connectivity index (χ0) is 48.1. The van der Waals surface area contributed by atoms with Crippen molar-refractivity contribution >= 4 is 51.6 Å². The summed E-state index contributed by atoms with van der Waals surface area (Å²) in [4.78, 5) is 23.3. The first-order valence-electron chi connectivity index (χ1n) is 23.7. The highest BCUT2D eigenvalue weighted by atomic mass is 35.5. The number of anilines is 2. The summed E-state index contributed by atoms with van der Waals surface area (Å²) >= 11 is 8.76. The Kier molecular flexibility index (Phi) is 21.6. The number of nitrogens with one attached hydrogen (secondary N) is 1. The summed E-state index contributed by atoms with van der Waals surface area (Å²) in [5.74, 6) is 1.53. The minimum atomic E-state index is -0.339. The number of benzene rings is 5. The standard InChI is InChI=1S/C25H32N2OS.C18H14ClNO2S.C14H23N/c1-5-20(6-2)21-11-13-23(14-12-21)27(18(3)4)15-19-7-9-22(10-8-19)24-17-29-25(16-28)26-24;19-10-13-6-8-14(9-7-13)16-12-23-17(20-16)11-22-18(21)15-4-2-1-3-5-15;1-5-12(6-2)13-7-9-14(10-8-13)15-11(3)4/h7-14,17-18,20,28H,5-6,15-16H2,1-4H3;1-9,12H,10-11H2;7-12,15H,5-6H2,1-4H3. The van der Waals surface area contributed by atoms with Crippen molar-refractivity contribution in [2.45, 2.75) is 131 Å². The number of ether oxygens (including phenoxy) is 1. The van der Waals surface area contributed by atoms with E-state index in [0.717, 1.165) is 50.6 Å². The zero-order valence-corrected chi connectivity index (χ0v) is 42.9. The first-order valence-corrected chi connectivity index (χ1v) is 26.0. The molecule has 0 bridgehead atoms. The van der Waals surface area contributed by atoms with E-state index in [2.05, 4.69) is 148 Å². The van der Waals surface area contributed by atoms with Crippen LogP contribution in [0.1, 0.15) is 136 Å². The average Bonchev–Trinajstić information content (AvgIpc) is 4.06. The molecule has 5 aromatic carbocycles. The highest BCUT2D eigenvalue weighted by Crippen LogP contribution is 2.29. The normalized spacial score (nSPS) is 11.0. The second-order valence-corrected chi connectivity index (χ2v) is 19.3. The van der Waals surface area contributed by atoms with E-state index in [1.165, 1.54) is 76.4 Å². The maximum absolute atomic E-state index is 11.9. The van der Waals surface area contributed by atoms with Gasteiger partial charge in [-0.15, -0.1) is 34.3 Å². The highest BCUT2D eigenvalue weighted by Gasteiger charge is 2.15. The molecular weight excluding hydrogens is 888 g/mol. The molecule has 10 heteroatoms. The molecule has 0 atom stereocenters. The summed E-state index contributed by atoms with van der Waals surface area (Å²) in [5, 5.41) is 18.1. The zero-order valence-electron chi connectivity index (χ0n) is 40.5. The van der Waals surface area contributed by atoms with E-state index in [9.17, 15) is 9.90 Å². The van der Waals surface area contributed by atoms with Gasteiger partial charge in [0.2, 0.25) is 0 Å². The van der Waals surface area contributed by atoms with Crippen molar-refractivity contribution in [1.29, 1.82) is 0 Å². The second-order valence-electron chi connectivity index (χ2n) is 17.1. The van der Waals surface area contributed by atoms with Crippen LogP contribution in [-0.2, 0) is 30.4 Å². The average molecular weight is 958 g/mol. The Morgan fingerprint density at radius 3 is 1.61 bits per heavy atom. The van der Waals surface area contributed by atoms with Crippen LogP contribution >= 0.6 is 34.3 Å². The Morgan fingerprint density at radius 2 is 1.15 bits per heavy atom. The van der Waals surface area contributed by atoms with Gasteiger partial charge in [0.25, 0.3) is 0 Å². The van der Waals surface area contributed by atoms with Crippen LogP contribution in [0.2, 0.25) is 0 Å². The van der Waals surface area contributed by atoms with E-state index in [1.54, 1.807) is 12.1 Å². The van der Waals surface area contributed by atoms with E-state index in [0.29, 0.717) is 29.4 Å². The molecule has 7 rings (SSSR count). The number of aliphatic hydroxyl groups excluding tert-OH is 1. The van der Waals surface area contributed by atoms with Crippen molar-refractivity contribution in [2.24, 2.45) is 0 Å². The van der Waals surface area contributed by atoms with E-state index >= 15 is 0 Å². The van der Waals surface area contributed by atoms with Crippen molar-refractivity contribution in [1.82, 2.24) is 9.97 Å². The summed E-state index contributed by atoms with van der Waals surface area (Å²) in [6.07, 6.45) is 4.84. The minimum absolute atomic E-state index is 0.00213. The molecule has 0 aliphatic carbocycles. The number of carbonyl (C=O) groups excluding carboxylic acids is 1. The van der Waals surface area contributed by atoms with E-state index < -0.39 is 0 Å². The molecule has 0 radical (unpaired) electrons. The molecule has 0 amide bonds. The number of nitrogens with zero attached hydrogens (tertiary/aromatic N) is 3. The molecule has 7 nitrogen and oxygen atoms in total. The van der Waals surface area contributed by atoms with Gasteiger partial charge in [0.1, 0.15) is 16.6 Å². The van der Waals surface area contributed by atoms with Crippen molar-refractivity contribution < 1.29 is 14.6 Å². The van der Waals surface area contributed by atoms with Crippen molar-refractivity contribution in [3.63, 3.8) is 0 Å². The predicted octanol–water partition coefficient (Wildman–Crippen LogP) is 15.9. The summed E-state index contributed by atoms with van der Waals surface area (Å²) in [7, 11) is 0. The summed E-state index contributed by atoms with van der Waals surface area (Å²) in [6, 6.07) is 44.4. The molecule has 354 valence electrons. The van der Waals surface area contributed by atoms with Crippen molar-refractivity contribution in [3.8, 4) is 22.5 Å². The molecule has 2 aromatic heterocycles. The Hall–Kier alpha value is -5.32. The van der Waals surface area contributed by atoms with E-state index in [4.69, 9.17) is 16.3 Å². The first-order chi connectivity index (χ1) is 32.5. The van der Waals surface area contributed by atoms with Gasteiger partial charge in [0.05, 0.1) is 23.6 Å². The summed E-state index contributed by atoms with van der Waals surface area (Å²) in [5.41, 5.74) is 12.2. The van der Waals surface area contributed by atoms with Gasteiger partial charge in [0, 0.05) is 57.8 Å². The van der Waals surface area contributed by atoms with Crippen LogP contribution in [0.5, 0.6) is 0 Å². The molecule has 0 fully saturated rings. The summed E-state index contributed by atoms with van der Waals surface area (Å²) in [6.45, 7) is 18.9. The van der Waals surface area contributed by atoms with E-state index in [1.807, 2.05) is 53.2 Å². The van der Waals surface area contributed by atoms with Crippen LogP contribution in [0.3, 0.4) is 0 Å². The fourth-order valence-electron chi connectivity index (χ4n) is 7.77. The van der Waals surface area contributed by atoms with Crippen LogP contribution < -0.4 is 10.2 Å². The van der Waals surface area contributed by atoms with Gasteiger partial charge in [0.15, 0.2) is 0 Å². The Labute approximate surface area is 413 Å². The predicted molar refractivity (Wildman–Crippen MR) is 286 cm³/mol. The number of hydrogen-bond donors (Lipinski definition) is 2. The van der Waals surface area contributed by atoms with Gasteiger partial charge in [-0.2, -0.15) is 0 Å². The van der Waals surface area contributed by atoms with Gasteiger partial charge in [-0.05, 0) is 124 Å². The third-order valence-corrected chi connectivity index (χ3v) is 13.7. The van der Waals surface area contributed by atoms with Gasteiger partial charge in [-0.3, -0.25) is 0 Å². The lowest BCUT2D eigenvalue weighted by Crippen LogP contribution is -2.30. The fourth-order valence-corrected chi connectivity index (χ4v) is 9.32. The van der Waals surface area contributed by atoms with Crippen molar-refractivity contribution in [2.75, 3.05) is 10.2 Å². The topological polar surface area (TPSA) is 87.6 Å². The lowest BCUT2D eigenvalue weighted by Gasteiger charge is -2.30. The van der Waals surface area contributed by atoms with Crippen LogP contribution in [0.4, 0.5) is 11.4 Å². The molecule has 0 saturated heterocycles. The van der Waals surface area contributed by atoms with Crippen LogP contribution in [0, 0.1) is 0 Å². The molecule has 0 unspecified atom stereocenters. The molecule has 2 N–H and O–H groups in total. The molecular formula is C57H69ClN4O3S2. The number of rotatable bonds is 19. The number of aromatic nitrogens is 2. The van der Waals surface area contributed by atoms with Gasteiger partial charge < -0.3 is 20.1 Å². The minimum Gasteiger partial charge on any atom is -0.455 e. The van der Waals surface area contributed by atoms with Crippen LogP contribution in [0.25, 0.3) is 22.5 Å². The van der Waals surface area contributed by atoms with Gasteiger partial charge in [-0.25, -0.2) is 14.8 Å². The molecule has 0 spiro atoms. The van der Waals surface area contributed by atoms with Crippen LogP contribution in [0.15, 0.2) is 138 Å². The maximum atomic E-state index is 11.9. The Balaban J connectivity index is 0.000000198. The van der Waals surface area contributed by atoms with Gasteiger partial charge in [-0.1, -0.05) is 119 Å². The van der Waals surface area contributed by atoms with Gasteiger partial charge >= 0.3 is 5.97 Å². The number of halogens is 1. The summed E-state index contributed by atoms with van der Waals surface area (Å²) < 4.78 is 5.29.